The molecule has 1 saturated carbocycles. The standard InChI is InChI=1S/C21H23N3O2/c1-12(2)19-20(18(9-14-4-5-14)13(3)24-21(19)25)26-17-7-15(10-22)6-16(8-17)11-23/h6-7,12,14,17H,4-5,8-9H2,1-3H3,(H,24,25). The topological polar surface area (TPSA) is 89.7 Å². The Hall–Kier alpha value is -2.79. The number of aryl methyl sites for hydroxylation is 1. The lowest BCUT2D eigenvalue weighted by Gasteiger charge is -2.24. The van der Waals surface area contributed by atoms with Crippen molar-refractivity contribution < 1.29 is 4.74 Å². The molecule has 0 aromatic carbocycles. The summed E-state index contributed by atoms with van der Waals surface area (Å²) in [5.41, 5.74) is 3.36. The highest BCUT2D eigenvalue weighted by atomic mass is 16.5. The highest BCUT2D eigenvalue weighted by Crippen LogP contribution is 2.39. The largest absolute Gasteiger partial charge is 0.485 e. The number of nitrogens with one attached hydrogen (secondary N) is 1. The highest BCUT2D eigenvalue weighted by molar-refractivity contribution is 5.47. The van der Waals surface area contributed by atoms with E-state index in [4.69, 9.17) is 4.74 Å². The number of aromatic nitrogens is 1. The molecule has 2 aliphatic rings. The molecule has 1 unspecified atom stereocenters. The van der Waals surface area contributed by atoms with E-state index in [1.54, 1.807) is 12.2 Å². The Morgan fingerprint density at radius 1 is 1.31 bits per heavy atom. The Balaban J connectivity index is 2.04. The van der Waals surface area contributed by atoms with Crippen molar-refractivity contribution in [1.29, 1.82) is 10.5 Å². The van der Waals surface area contributed by atoms with Crippen molar-refractivity contribution in [3.63, 3.8) is 0 Å². The lowest BCUT2D eigenvalue weighted by Crippen LogP contribution is -2.25. The first-order valence-corrected chi connectivity index (χ1v) is 9.07. The van der Waals surface area contributed by atoms with Gasteiger partial charge in [0.1, 0.15) is 11.9 Å². The summed E-state index contributed by atoms with van der Waals surface area (Å²) in [6.07, 6.45) is 6.63. The van der Waals surface area contributed by atoms with Gasteiger partial charge < -0.3 is 9.72 Å². The number of nitriles is 2. The molecule has 1 heterocycles. The third-order valence-electron chi connectivity index (χ3n) is 4.94. The summed E-state index contributed by atoms with van der Waals surface area (Å²) in [5.74, 6) is 1.31. The number of hydrogen-bond acceptors (Lipinski definition) is 4. The van der Waals surface area contributed by atoms with Gasteiger partial charge in [-0.05, 0) is 50.2 Å². The normalized spacial score (nSPS) is 19.4. The maximum Gasteiger partial charge on any atom is 0.255 e. The molecule has 0 bridgehead atoms. The number of aromatic amines is 1. The Bertz CT molecular complexity index is 918. The van der Waals surface area contributed by atoms with Crippen molar-refractivity contribution in [2.24, 2.45) is 5.92 Å². The SMILES string of the molecule is Cc1[nH]c(=O)c(C(C)C)c(OC2C=C(C#N)C=C(C#N)C2)c1CC1CC1. The first-order valence-electron chi connectivity index (χ1n) is 9.07. The Labute approximate surface area is 153 Å². The third kappa shape index (κ3) is 3.73. The summed E-state index contributed by atoms with van der Waals surface area (Å²) in [5, 5.41) is 18.5. The number of allylic oxidation sites excluding steroid dienone is 2. The molecule has 1 aromatic rings. The second-order valence-electron chi connectivity index (χ2n) is 7.48. The van der Waals surface area contributed by atoms with Gasteiger partial charge in [-0.25, -0.2) is 0 Å². The maximum absolute atomic E-state index is 12.6. The van der Waals surface area contributed by atoms with Gasteiger partial charge in [-0.2, -0.15) is 10.5 Å². The summed E-state index contributed by atoms with van der Waals surface area (Å²) < 4.78 is 6.29. The van der Waals surface area contributed by atoms with Gasteiger partial charge in [0.15, 0.2) is 0 Å². The lowest BCUT2D eigenvalue weighted by atomic mass is 9.95. The van der Waals surface area contributed by atoms with Gasteiger partial charge in [-0.3, -0.25) is 4.79 Å². The van der Waals surface area contributed by atoms with Crippen molar-refractivity contribution in [3.8, 4) is 17.9 Å². The number of hydrogen-bond donors (Lipinski definition) is 1. The first-order chi connectivity index (χ1) is 12.4. The molecule has 26 heavy (non-hydrogen) atoms. The van der Waals surface area contributed by atoms with E-state index in [1.165, 1.54) is 12.8 Å². The van der Waals surface area contributed by atoms with E-state index in [2.05, 4.69) is 17.1 Å². The number of rotatable bonds is 5. The minimum Gasteiger partial charge on any atom is -0.485 e. The molecule has 2 aliphatic carbocycles. The van der Waals surface area contributed by atoms with Crippen LogP contribution in [0, 0.1) is 35.5 Å². The highest BCUT2D eigenvalue weighted by Gasteiger charge is 2.29. The van der Waals surface area contributed by atoms with Crippen LogP contribution in [0.2, 0.25) is 0 Å². The van der Waals surface area contributed by atoms with Crippen LogP contribution >= 0.6 is 0 Å². The fraction of sp³-hybridized carbons (Fsp3) is 0.476. The molecular formula is C21H23N3O2. The van der Waals surface area contributed by atoms with Crippen molar-refractivity contribution in [3.05, 3.63) is 50.5 Å². The minimum atomic E-state index is -0.416. The zero-order valence-electron chi connectivity index (χ0n) is 15.4. The summed E-state index contributed by atoms with van der Waals surface area (Å²) in [4.78, 5) is 15.5. The van der Waals surface area contributed by atoms with E-state index in [0.29, 0.717) is 34.8 Å². The van der Waals surface area contributed by atoms with Crippen LogP contribution in [-0.4, -0.2) is 11.1 Å². The number of nitrogens with zero attached hydrogens (tertiary/aromatic N) is 2. The van der Waals surface area contributed by atoms with Crippen LogP contribution in [0.25, 0.3) is 0 Å². The van der Waals surface area contributed by atoms with Crippen LogP contribution in [0.5, 0.6) is 5.75 Å². The van der Waals surface area contributed by atoms with Crippen molar-refractivity contribution in [2.75, 3.05) is 0 Å². The van der Waals surface area contributed by atoms with Crippen LogP contribution in [-0.2, 0) is 6.42 Å². The second-order valence-corrected chi connectivity index (χ2v) is 7.48. The molecule has 0 amide bonds. The van der Waals surface area contributed by atoms with Crippen LogP contribution in [0.1, 0.15) is 55.8 Å². The van der Waals surface area contributed by atoms with E-state index in [9.17, 15) is 15.3 Å². The molecule has 0 radical (unpaired) electrons. The molecule has 5 nitrogen and oxygen atoms in total. The fourth-order valence-corrected chi connectivity index (χ4v) is 3.41. The lowest BCUT2D eigenvalue weighted by molar-refractivity contribution is 0.241. The van der Waals surface area contributed by atoms with Crippen LogP contribution in [0.15, 0.2) is 28.1 Å². The van der Waals surface area contributed by atoms with E-state index in [0.717, 1.165) is 17.7 Å². The molecular weight excluding hydrogens is 326 g/mol. The van der Waals surface area contributed by atoms with E-state index in [-0.39, 0.29) is 11.5 Å². The van der Waals surface area contributed by atoms with Crippen LogP contribution in [0.4, 0.5) is 0 Å². The quantitative estimate of drug-likeness (QED) is 0.875. The Morgan fingerprint density at radius 2 is 2.04 bits per heavy atom. The second kappa shape index (κ2) is 7.22. The molecule has 1 N–H and O–H groups in total. The molecule has 3 rings (SSSR count). The summed E-state index contributed by atoms with van der Waals surface area (Å²) in [6.45, 7) is 5.87. The van der Waals surface area contributed by atoms with Crippen molar-refractivity contribution >= 4 is 0 Å². The smallest absolute Gasteiger partial charge is 0.255 e. The Morgan fingerprint density at radius 3 is 2.62 bits per heavy atom. The number of pyridine rings is 1. The van der Waals surface area contributed by atoms with Gasteiger partial charge in [0.2, 0.25) is 0 Å². The summed E-state index contributed by atoms with van der Waals surface area (Å²) in [7, 11) is 0. The van der Waals surface area contributed by atoms with Crippen LogP contribution in [0.3, 0.4) is 0 Å². The third-order valence-corrected chi connectivity index (χ3v) is 4.94. The monoisotopic (exact) mass is 349 g/mol. The van der Waals surface area contributed by atoms with Crippen LogP contribution < -0.4 is 10.3 Å². The average molecular weight is 349 g/mol. The predicted molar refractivity (Wildman–Crippen MR) is 98.7 cm³/mol. The molecule has 0 aliphatic heterocycles. The predicted octanol–water partition coefficient (Wildman–Crippen LogP) is 3.81. The number of H-pyrrole nitrogens is 1. The zero-order chi connectivity index (χ0) is 18.8. The molecule has 0 saturated heterocycles. The van der Waals surface area contributed by atoms with E-state index in [1.807, 2.05) is 20.8 Å². The van der Waals surface area contributed by atoms with Gasteiger partial charge in [0, 0.05) is 23.3 Å². The molecule has 134 valence electrons. The summed E-state index contributed by atoms with van der Waals surface area (Å²) >= 11 is 0. The average Bonchev–Trinajstić information content (AvgIpc) is 3.41. The zero-order valence-corrected chi connectivity index (χ0v) is 15.4. The van der Waals surface area contributed by atoms with Gasteiger partial charge in [0.25, 0.3) is 5.56 Å². The first kappa shape index (κ1) is 18.0. The van der Waals surface area contributed by atoms with E-state index < -0.39 is 6.10 Å². The maximum atomic E-state index is 12.6. The molecule has 0 spiro atoms. The van der Waals surface area contributed by atoms with Gasteiger partial charge in [0.05, 0.1) is 23.3 Å². The Kier molecular flexibility index (Phi) is 5.00. The van der Waals surface area contributed by atoms with Crippen molar-refractivity contribution in [1.82, 2.24) is 4.98 Å². The van der Waals surface area contributed by atoms with E-state index >= 15 is 0 Å². The van der Waals surface area contributed by atoms with Gasteiger partial charge in [-0.15, -0.1) is 0 Å². The molecule has 5 heteroatoms. The van der Waals surface area contributed by atoms with Crippen molar-refractivity contribution in [2.45, 2.75) is 58.5 Å². The molecule has 1 aromatic heterocycles. The fourth-order valence-electron chi connectivity index (χ4n) is 3.41. The summed E-state index contributed by atoms with van der Waals surface area (Å²) in [6, 6.07) is 4.21. The van der Waals surface area contributed by atoms with Gasteiger partial charge >= 0.3 is 0 Å². The molecule has 1 fully saturated rings. The molecule has 1 atom stereocenters. The number of ether oxygens (including phenoxy) is 1. The van der Waals surface area contributed by atoms with Gasteiger partial charge in [-0.1, -0.05) is 13.8 Å². The minimum absolute atomic E-state index is 0.0151.